The number of pyridine rings is 1. The number of carbonyl (C=O) groups excluding carboxylic acids is 1. The number of benzene rings is 1. The molecule has 2 rings (SSSR count). The van der Waals surface area contributed by atoms with E-state index < -0.39 is 0 Å². The molecule has 0 saturated heterocycles. The summed E-state index contributed by atoms with van der Waals surface area (Å²) in [4.78, 5) is 15.7. The number of methoxy groups -OCH3 is 1. The molecule has 0 spiro atoms. The molecule has 19 heavy (non-hydrogen) atoms. The minimum atomic E-state index is -0.122. The molecule has 0 fully saturated rings. The summed E-state index contributed by atoms with van der Waals surface area (Å²) < 4.78 is 5.06. The van der Waals surface area contributed by atoms with E-state index in [-0.39, 0.29) is 12.3 Å². The largest absolute Gasteiger partial charge is 0.497 e. The van der Waals surface area contributed by atoms with Gasteiger partial charge in [0.25, 0.3) is 0 Å². The molecule has 5 nitrogen and oxygen atoms in total. The van der Waals surface area contributed by atoms with E-state index >= 15 is 0 Å². The predicted octanol–water partition coefficient (Wildman–Crippen LogP) is 1.85. The van der Waals surface area contributed by atoms with Gasteiger partial charge in [-0.1, -0.05) is 12.1 Å². The van der Waals surface area contributed by atoms with Gasteiger partial charge in [0.1, 0.15) is 5.75 Å². The molecule has 1 amide bonds. The van der Waals surface area contributed by atoms with E-state index in [0.717, 1.165) is 11.3 Å². The molecule has 0 bridgehead atoms. The van der Waals surface area contributed by atoms with E-state index in [1.54, 1.807) is 19.4 Å². The van der Waals surface area contributed by atoms with Crippen molar-refractivity contribution in [2.45, 2.75) is 6.42 Å². The van der Waals surface area contributed by atoms with Crippen LogP contribution in [-0.2, 0) is 11.2 Å². The number of rotatable bonds is 4. The monoisotopic (exact) mass is 257 g/mol. The zero-order chi connectivity index (χ0) is 13.7. The maximum Gasteiger partial charge on any atom is 0.228 e. The van der Waals surface area contributed by atoms with E-state index in [0.29, 0.717) is 11.4 Å². The van der Waals surface area contributed by atoms with Crippen molar-refractivity contribution in [3.8, 4) is 5.75 Å². The molecule has 0 unspecified atom stereocenters. The number of aromatic nitrogens is 1. The Kier molecular flexibility index (Phi) is 3.97. The number of hydrogen-bond acceptors (Lipinski definition) is 4. The van der Waals surface area contributed by atoms with Gasteiger partial charge in [-0.25, -0.2) is 0 Å². The number of nitrogens with zero attached hydrogens (tertiary/aromatic N) is 1. The minimum absolute atomic E-state index is 0.122. The minimum Gasteiger partial charge on any atom is -0.497 e. The van der Waals surface area contributed by atoms with Crippen molar-refractivity contribution in [2.75, 3.05) is 18.2 Å². The number of nitrogen functional groups attached to an aromatic ring is 1. The first-order valence-corrected chi connectivity index (χ1v) is 5.81. The molecule has 1 heterocycles. The number of anilines is 2. The van der Waals surface area contributed by atoms with Gasteiger partial charge >= 0.3 is 0 Å². The molecule has 0 aliphatic heterocycles. The second-order valence-electron chi connectivity index (χ2n) is 4.04. The molecular weight excluding hydrogens is 242 g/mol. The number of carbonyl (C=O) groups is 1. The van der Waals surface area contributed by atoms with E-state index in [2.05, 4.69) is 10.3 Å². The third kappa shape index (κ3) is 3.45. The highest BCUT2D eigenvalue weighted by Gasteiger charge is 2.06. The highest BCUT2D eigenvalue weighted by molar-refractivity contribution is 5.94. The molecule has 0 atom stereocenters. The fourth-order valence-corrected chi connectivity index (χ4v) is 1.64. The first-order valence-electron chi connectivity index (χ1n) is 5.81. The van der Waals surface area contributed by atoms with Gasteiger partial charge in [0.2, 0.25) is 5.91 Å². The van der Waals surface area contributed by atoms with Crippen molar-refractivity contribution in [2.24, 2.45) is 0 Å². The van der Waals surface area contributed by atoms with Gasteiger partial charge in [0.15, 0.2) is 0 Å². The lowest BCUT2D eigenvalue weighted by molar-refractivity contribution is -0.115. The van der Waals surface area contributed by atoms with Crippen LogP contribution in [0.15, 0.2) is 42.7 Å². The van der Waals surface area contributed by atoms with Crippen LogP contribution in [0.5, 0.6) is 5.75 Å². The second-order valence-corrected chi connectivity index (χ2v) is 4.04. The van der Waals surface area contributed by atoms with Gasteiger partial charge in [-0.05, 0) is 23.8 Å². The third-order valence-corrected chi connectivity index (χ3v) is 2.65. The zero-order valence-electron chi connectivity index (χ0n) is 10.6. The van der Waals surface area contributed by atoms with Gasteiger partial charge in [0.05, 0.1) is 31.1 Å². The summed E-state index contributed by atoms with van der Waals surface area (Å²) in [5, 5.41) is 2.75. The van der Waals surface area contributed by atoms with Crippen LogP contribution in [0.3, 0.4) is 0 Å². The van der Waals surface area contributed by atoms with Crippen LogP contribution in [-0.4, -0.2) is 18.0 Å². The summed E-state index contributed by atoms with van der Waals surface area (Å²) in [6, 6.07) is 9.02. The molecule has 5 heteroatoms. The lowest BCUT2D eigenvalue weighted by Gasteiger charge is -2.07. The van der Waals surface area contributed by atoms with Gasteiger partial charge in [-0.15, -0.1) is 0 Å². The molecule has 0 radical (unpaired) electrons. The molecule has 1 aromatic heterocycles. The normalized spacial score (nSPS) is 9.95. The van der Waals surface area contributed by atoms with Crippen LogP contribution < -0.4 is 15.8 Å². The number of hydrogen-bond donors (Lipinski definition) is 2. The number of nitrogens with one attached hydrogen (secondary N) is 1. The Morgan fingerprint density at radius 1 is 1.32 bits per heavy atom. The van der Waals surface area contributed by atoms with E-state index in [1.807, 2.05) is 24.3 Å². The van der Waals surface area contributed by atoms with Gasteiger partial charge in [-0.2, -0.15) is 0 Å². The molecule has 98 valence electrons. The van der Waals surface area contributed by atoms with Crippen LogP contribution in [0.4, 0.5) is 11.4 Å². The van der Waals surface area contributed by atoms with Crippen LogP contribution in [0.2, 0.25) is 0 Å². The van der Waals surface area contributed by atoms with Crippen molar-refractivity contribution in [3.05, 3.63) is 48.3 Å². The van der Waals surface area contributed by atoms with Gasteiger partial charge in [0, 0.05) is 6.20 Å². The maximum atomic E-state index is 11.9. The lowest BCUT2D eigenvalue weighted by Crippen LogP contribution is -2.15. The molecule has 0 aliphatic carbocycles. The molecular formula is C14H15N3O2. The highest BCUT2D eigenvalue weighted by atomic mass is 16.5. The second kappa shape index (κ2) is 5.86. The van der Waals surface area contributed by atoms with Crippen LogP contribution >= 0.6 is 0 Å². The van der Waals surface area contributed by atoms with Crippen molar-refractivity contribution in [1.82, 2.24) is 4.98 Å². The van der Waals surface area contributed by atoms with Crippen molar-refractivity contribution < 1.29 is 9.53 Å². The Bertz CT molecular complexity index is 567. The Morgan fingerprint density at radius 3 is 2.68 bits per heavy atom. The Hall–Kier alpha value is -2.56. The summed E-state index contributed by atoms with van der Waals surface area (Å²) in [7, 11) is 1.61. The summed E-state index contributed by atoms with van der Waals surface area (Å²) in [5.41, 5.74) is 7.64. The summed E-state index contributed by atoms with van der Waals surface area (Å²) in [5.74, 6) is 0.644. The average molecular weight is 257 g/mol. The summed E-state index contributed by atoms with van der Waals surface area (Å²) in [6.07, 6.45) is 3.37. The third-order valence-electron chi connectivity index (χ3n) is 2.65. The topological polar surface area (TPSA) is 77.2 Å². The van der Waals surface area contributed by atoms with E-state index in [4.69, 9.17) is 10.5 Å². The van der Waals surface area contributed by atoms with Crippen LogP contribution in [0, 0.1) is 0 Å². The van der Waals surface area contributed by atoms with Crippen molar-refractivity contribution in [3.63, 3.8) is 0 Å². The van der Waals surface area contributed by atoms with Crippen LogP contribution in [0.1, 0.15) is 5.56 Å². The van der Waals surface area contributed by atoms with Gasteiger partial charge < -0.3 is 15.8 Å². The van der Waals surface area contributed by atoms with Gasteiger partial charge in [-0.3, -0.25) is 9.78 Å². The standard InChI is InChI=1S/C14H15N3O2/c1-19-11-4-2-10(3-5-11)8-14(18)17-13-6-7-16-9-12(13)15/h2-7,9H,8,15H2,1H3,(H,16,17,18). The highest BCUT2D eigenvalue weighted by Crippen LogP contribution is 2.16. The van der Waals surface area contributed by atoms with E-state index in [1.165, 1.54) is 6.20 Å². The maximum absolute atomic E-state index is 11.9. The molecule has 2 aromatic rings. The zero-order valence-corrected chi connectivity index (χ0v) is 10.6. The first kappa shape index (κ1) is 12.9. The number of ether oxygens (including phenoxy) is 1. The fourth-order valence-electron chi connectivity index (χ4n) is 1.64. The quantitative estimate of drug-likeness (QED) is 0.876. The SMILES string of the molecule is COc1ccc(CC(=O)Nc2ccncc2N)cc1. The van der Waals surface area contributed by atoms with Crippen LogP contribution in [0.25, 0.3) is 0 Å². The molecule has 3 N–H and O–H groups in total. The van der Waals surface area contributed by atoms with E-state index in [9.17, 15) is 4.79 Å². The molecule has 1 aromatic carbocycles. The van der Waals surface area contributed by atoms with Crippen molar-refractivity contribution >= 4 is 17.3 Å². The smallest absolute Gasteiger partial charge is 0.228 e. The molecule has 0 aliphatic rings. The average Bonchev–Trinajstić information content (AvgIpc) is 2.42. The van der Waals surface area contributed by atoms with Crippen molar-refractivity contribution in [1.29, 1.82) is 0 Å². The Labute approximate surface area is 111 Å². The Balaban J connectivity index is 1.99. The number of amides is 1. The Morgan fingerprint density at radius 2 is 2.05 bits per heavy atom. The lowest BCUT2D eigenvalue weighted by atomic mass is 10.1. The summed E-state index contributed by atoms with van der Waals surface area (Å²) in [6.45, 7) is 0. The molecule has 0 saturated carbocycles. The predicted molar refractivity (Wildman–Crippen MR) is 74.0 cm³/mol. The fraction of sp³-hybridized carbons (Fsp3) is 0.143. The number of nitrogens with two attached hydrogens (primary N) is 1. The summed E-state index contributed by atoms with van der Waals surface area (Å²) >= 11 is 0. The first-order chi connectivity index (χ1) is 9.19.